The lowest BCUT2D eigenvalue weighted by atomic mass is 10.1. The van der Waals surface area contributed by atoms with Gasteiger partial charge in [-0.1, -0.05) is 20.8 Å². The molecule has 0 aliphatic heterocycles. The molecule has 0 amide bonds. The first-order chi connectivity index (χ1) is 14.4. The molecular weight excluding hydrogens is 386 g/mol. The van der Waals surface area contributed by atoms with E-state index in [1.54, 1.807) is 35.8 Å². The van der Waals surface area contributed by atoms with Gasteiger partial charge in [0.1, 0.15) is 11.3 Å². The number of aromatic nitrogens is 3. The van der Waals surface area contributed by atoms with Crippen LogP contribution in [0, 0.1) is 0 Å². The molecule has 1 aromatic carbocycles. The molecule has 0 saturated heterocycles. The third kappa shape index (κ3) is 4.03. The Hall–Kier alpha value is -3.29. The van der Waals surface area contributed by atoms with Gasteiger partial charge in [-0.2, -0.15) is 0 Å². The molecular formula is C22H27N3O5. The fraction of sp³-hybridized carbons (Fsp3) is 0.409. The van der Waals surface area contributed by atoms with Gasteiger partial charge in [0.2, 0.25) is 0 Å². The molecule has 8 heteroatoms. The van der Waals surface area contributed by atoms with Crippen molar-refractivity contribution >= 4 is 17.0 Å². The zero-order chi connectivity index (χ0) is 21.8. The predicted octanol–water partition coefficient (Wildman–Crippen LogP) is 3.22. The smallest absolute Gasteiger partial charge is 0.344 e. The highest BCUT2D eigenvalue weighted by Crippen LogP contribution is 2.25. The molecule has 3 aromatic rings. The first-order valence-corrected chi connectivity index (χ1v) is 10.3. The van der Waals surface area contributed by atoms with E-state index in [4.69, 9.17) is 9.84 Å². The first-order valence-electron chi connectivity index (χ1n) is 10.3. The SMILES string of the molecule is CCCn1c(=O)c2[nH]c(-c3ccc(OC(CC)C(=O)O)cc3)cc2n(CCC)c1=O. The Morgan fingerprint density at radius 1 is 1.07 bits per heavy atom. The maximum atomic E-state index is 12.9. The summed E-state index contributed by atoms with van der Waals surface area (Å²) in [5, 5.41) is 9.14. The normalized spacial score (nSPS) is 12.2. The molecule has 2 N–H and O–H groups in total. The average Bonchev–Trinajstić information content (AvgIpc) is 3.18. The summed E-state index contributed by atoms with van der Waals surface area (Å²) in [6.07, 6.45) is 0.924. The van der Waals surface area contributed by atoms with Gasteiger partial charge in [-0.3, -0.25) is 13.9 Å². The number of carbonyl (C=O) groups is 1. The second-order valence-corrected chi connectivity index (χ2v) is 7.21. The molecule has 0 fully saturated rings. The molecule has 0 saturated carbocycles. The van der Waals surface area contributed by atoms with Gasteiger partial charge in [0.15, 0.2) is 6.10 Å². The van der Waals surface area contributed by atoms with Crippen molar-refractivity contribution in [2.45, 2.75) is 59.2 Å². The minimum Gasteiger partial charge on any atom is -0.479 e. The molecule has 0 aliphatic rings. The van der Waals surface area contributed by atoms with Crippen molar-refractivity contribution in [2.24, 2.45) is 0 Å². The van der Waals surface area contributed by atoms with Crippen LogP contribution in [-0.2, 0) is 17.9 Å². The number of carboxylic acids is 1. The number of nitrogens with zero attached hydrogens (tertiary/aromatic N) is 2. The summed E-state index contributed by atoms with van der Waals surface area (Å²) < 4.78 is 8.42. The summed E-state index contributed by atoms with van der Waals surface area (Å²) in [5.74, 6) is -0.549. The average molecular weight is 413 g/mol. The van der Waals surface area contributed by atoms with Crippen LogP contribution in [0.2, 0.25) is 0 Å². The Bertz CT molecular complexity index is 1150. The van der Waals surface area contributed by atoms with Crippen LogP contribution >= 0.6 is 0 Å². The van der Waals surface area contributed by atoms with E-state index in [0.29, 0.717) is 48.4 Å². The zero-order valence-electron chi connectivity index (χ0n) is 17.5. The number of aromatic amines is 1. The number of rotatable bonds is 9. The zero-order valence-corrected chi connectivity index (χ0v) is 17.5. The van der Waals surface area contributed by atoms with Gasteiger partial charge >= 0.3 is 11.7 Å². The Balaban J connectivity index is 2.04. The van der Waals surface area contributed by atoms with Crippen molar-refractivity contribution in [3.63, 3.8) is 0 Å². The van der Waals surface area contributed by atoms with Gasteiger partial charge in [0, 0.05) is 18.8 Å². The summed E-state index contributed by atoms with van der Waals surface area (Å²) in [4.78, 5) is 40.0. The maximum absolute atomic E-state index is 12.9. The molecule has 1 unspecified atom stereocenters. The Labute approximate surface area is 173 Å². The van der Waals surface area contributed by atoms with E-state index < -0.39 is 12.1 Å². The second kappa shape index (κ2) is 9.02. The number of H-pyrrole nitrogens is 1. The highest BCUT2D eigenvalue weighted by Gasteiger charge is 2.18. The third-order valence-corrected chi connectivity index (χ3v) is 4.99. The Morgan fingerprint density at radius 2 is 1.70 bits per heavy atom. The number of carboxylic acid groups (broad SMARTS) is 1. The topological polar surface area (TPSA) is 106 Å². The van der Waals surface area contributed by atoms with Crippen LogP contribution in [0.5, 0.6) is 5.75 Å². The standard InChI is InChI=1S/C22H27N3O5/c1-4-11-24-17-13-16(23-19(17)20(26)25(12-5-2)22(24)29)14-7-9-15(10-8-14)30-18(6-3)21(27)28/h7-10,13,18,23H,4-6,11-12H2,1-3H3,(H,27,28). The molecule has 3 rings (SSSR count). The highest BCUT2D eigenvalue weighted by atomic mass is 16.5. The van der Waals surface area contributed by atoms with E-state index in [-0.39, 0.29) is 11.2 Å². The lowest BCUT2D eigenvalue weighted by Crippen LogP contribution is -2.39. The third-order valence-electron chi connectivity index (χ3n) is 4.99. The van der Waals surface area contributed by atoms with E-state index in [1.165, 1.54) is 4.57 Å². The predicted molar refractivity (Wildman–Crippen MR) is 115 cm³/mol. The lowest BCUT2D eigenvalue weighted by Gasteiger charge is -2.13. The fourth-order valence-electron chi connectivity index (χ4n) is 3.49. The molecule has 2 aromatic heterocycles. The fourth-order valence-corrected chi connectivity index (χ4v) is 3.49. The van der Waals surface area contributed by atoms with Crippen LogP contribution < -0.4 is 16.0 Å². The Kier molecular flexibility index (Phi) is 6.44. The largest absolute Gasteiger partial charge is 0.479 e. The van der Waals surface area contributed by atoms with Gasteiger partial charge < -0.3 is 14.8 Å². The maximum Gasteiger partial charge on any atom is 0.344 e. The molecule has 0 spiro atoms. The molecule has 8 nitrogen and oxygen atoms in total. The number of fused-ring (bicyclic) bond motifs is 1. The van der Waals surface area contributed by atoms with E-state index >= 15 is 0 Å². The second-order valence-electron chi connectivity index (χ2n) is 7.21. The highest BCUT2D eigenvalue weighted by molar-refractivity contribution is 5.82. The molecule has 1 atom stereocenters. The van der Waals surface area contributed by atoms with Crippen molar-refractivity contribution < 1.29 is 14.6 Å². The van der Waals surface area contributed by atoms with Crippen LogP contribution in [-0.4, -0.2) is 31.3 Å². The monoisotopic (exact) mass is 413 g/mol. The summed E-state index contributed by atoms with van der Waals surface area (Å²) >= 11 is 0. The number of aryl methyl sites for hydroxylation is 1. The molecule has 160 valence electrons. The molecule has 0 aliphatic carbocycles. The number of aliphatic carboxylic acids is 1. The number of nitrogens with one attached hydrogen (secondary N) is 1. The van der Waals surface area contributed by atoms with Crippen molar-refractivity contribution in [3.8, 4) is 17.0 Å². The van der Waals surface area contributed by atoms with Crippen molar-refractivity contribution in [1.82, 2.24) is 14.1 Å². The summed E-state index contributed by atoms with van der Waals surface area (Å²) in [5.41, 5.74) is 1.90. The van der Waals surface area contributed by atoms with Gasteiger partial charge in [-0.15, -0.1) is 0 Å². The van der Waals surface area contributed by atoms with E-state index in [9.17, 15) is 14.4 Å². The number of hydrogen-bond donors (Lipinski definition) is 2. The van der Waals surface area contributed by atoms with Crippen LogP contribution in [0.25, 0.3) is 22.3 Å². The number of benzene rings is 1. The van der Waals surface area contributed by atoms with Crippen molar-refractivity contribution in [3.05, 3.63) is 51.2 Å². The van der Waals surface area contributed by atoms with E-state index in [1.807, 2.05) is 19.9 Å². The van der Waals surface area contributed by atoms with E-state index in [2.05, 4.69) is 4.98 Å². The first kappa shape index (κ1) is 21.4. The van der Waals surface area contributed by atoms with Gasteiger partial charge in [0.05, 0.1) is 5.52 Å². The van der Waals surface area contributed by atoms with Crippen molar-refractivity contribution in [1.29, 1.82) is 0 Å². The minimum absolute atomic E-state index is 0.287. The summed E-state index contributed by atoms with van der Waals surface area (Å²) in [6.45, 7) is 6.56. The molecule has 0 radical (unpaired) electrons. The molecule has 2 heterocycles. The van der Waals surface area contributed by atoms with Crippen LogP contribution in [0.15, 0.2) is 39.9 Å². The van der Waals surface area contributed by atoms with Crippen LogP contribution in [0.1, 0.15) is 40.0 Å². The summed E-state index contributed by atoms with van der Waals surface area (Å²) in [7, 11) is 0. The quantitative estimate of drug-likeness (QED) is 0.560. The van der Waals surface area contributed by atoms with E-state index in [0.717, 1.165) is 12.0 Å². The minimum atomic E-state index is -1.01. The van der Waals surface area contributed by atoms with Gasteiger partial charge in [-0.25, -0.2) is 9.59 Å². The number of hydrogen-bond acceptors (Lipinski definition) is 4. The Morgan fingerprint density at radius 3 is 2.27 bits per heavy atom. The molecule has 0 bridgehead atoms. The van der Waals surface area contributed by atoms with Crippen LogP contribution in [0.4, 0.5) is 0 Å². The van der Waals surface area contributed by atoms with Crippen LogP contribution in [0.3, 0.4) is 0 Å². The van der Waals surface area contributed by atoms with Crippen molar-refractivity contribution in [2.75, 3.05) is 0 Å². The van der Waals surface area contributed by atoms with Gasteiger partial charge in [0.25, 0.3) is 5.56 Å². The van der Waals surface area contributed by atoms with Gasteiger partial charge in [-0.05, 0) is 55.2 Å². The summed E-state index contributed by atoms with van der Waals surface area (Å²) in [6, 6.07) is 8.79. The lowest BCUT2D eigenvalue weighted by molar-refractivity contribution is -0.145. The molecule has 30 heavy (non-hydrogen) atoms. The number of ether oxygens (including phenoxy) is 1.